The van der Waals surface area contributed by atoms with E-state index in [-0.39, 0.29) is 40.3 Å². The van der Waals surface area contributed by atoms with Crippen LogP contribution in [0.15, 0.2) is 60.9 Å². The number of likely N-dealkylation sites (N-methyl/N-ethyl adjacent to an activating group) is 1. The van der Waals surface area contributed by atoms with Crippen molar-refractivity contribution in [3.05, 3.63) is 83.9 Å². The molecule has 4 aromatic rings. The normalized spacial score (nSPS) is 10.8. The summed E-state index contributed by atoms with van der Waals surface area (Å²) in [6.45, 7) is 1.20. The van der Waals surface area contributed by atoms with Crippen LogP contribution in [0, 0.1) is 17.5 Å². The SMILES string of the molecule is CN(C)CCNc1ncc(C(=O)Nc2ccc(F)cc2F)c(Nc2ccc(Oc3ccnc(N)c3)c(F)c2)n1. The van der Waals surface area contributed by atoms with Gasteiger partial charge in [-0.2, -0.15) is 4.98 Å². The third-order valence-corrected chi connectivity index (χ3v) is 5.23. The summed E-state index contributed by atoms with van der Waals surface area (Å²) in [6, 6.07) is 9.80. The topological polar surface area (TPSA) is 130 Å². The van der Waals surface area contributed by atoms with Crippen LogP contribution < -0.4 is 26.4 Å². The van der Waals surface area contributed by atoms with Gasteiger partial charge in [-0.25, -0.2) is 23.1 Å². The first kappa shape index (κ1) is 27.1. The molecule has 0 radical (unpaired) electrons. The van der Waals surface area contributed by atoms with Gasteiger partial charge >= 0.3 is 0 Å². The molecular formula is C26H25F3N8O2. The van der Waals surface area contributed by atoms with E-state index in [9.17, 15) is 18.0 Å². The number of anilines is 5. The molecule has 0 aliphatic heterocycles. The summed E-state index contributed by atoms with van der Waals surface area (Å²) in [7, 11) is 3.81. The molecule has 5 N–H and O–H groups in total. The fourth-order valence-corrected chi connectivity index (χ4v) is 3.32. The second-order valence-corrected chi connectivity index (χ2v) is 8.55. The standard InChI is InChI=1S/C26H25F3N8O2/c1-37(2)10-9-32-26-33-14-18(25(38)35-21-5-3-15(27)11-19(21)28)24(36-26)34-16-4-6-22(20(29)12-16)39-17-7-8-31-23(30)13-17/h3-8,11-14H,9-10H2,1-2H3,(H2,30,31)(H,35,38)(H2,32,33,34,36). The van der Waals surface area contributed by atoms with E-state index in [4.69, 9.17) is 10.5 Å². The molecule has 0 aliphatic rings. The minimum atomic E-state index is -0.950. The Hall–Kier alpha value is -4.91. The number of ether oxygens (including phenoxy) is 1. The molecule has 13 heteroatoms. The molecule has 39 heavy (non-hydrogen) atoms. The zero-order valence-electron chi connectivity index (χ0n) is 21.0. The fraction of sp³-hybridized carbons (Fsp3) is 0.154. The van der Waals surface area contributed by atoms with Crippen LogP contribution in [0.25, 0.3) is 0 Å². The molecule has 0 spiro atoms. The number of amides is 1. The maximum atomic E-state index is 14.9. The van der Waals surface area contributed by atoms with E-state index in [0.29, 0.717) is 24.9 Å². The highest BCUT2D eigenvalue weighted by Crippen LogP contribution is 2.29. The number of nitrogens with two attached hydrogens (primary N) is 1. The molecule has 0 unspecified atom stereocenters. The Morgan fingerprint density at radius 3 is 2.56 bits per heavy atom. The van der Waals surface area contributed by atoms with Gasteiger partial charge in [-0.3, -0.25) is 4.79 Å². The van der Waals surface area contributed by atoms with Gasteiger partial charge in [-0.1, -0.05) is 0 Å². The first-order valence-electron chi connectivity index (χ1n) is 11.7. The number of hydrogen-bond acceptors (Lipinski definition) is 9. The Labute approximate surface area is 222 Å². The van der Waals surface area contributed by atoms with Crippen LogP contribution in [-0.2, 0) is 0 Å². The molecule has 4 rings (SSSR count). The molecule has 2 aromatic carbocycles. The van der Waals surface area contributed by atoms with Crippen LogP contribution in [-0.4, -0.2) is 52.9 Å². The van der Waals surface area contributed by atoms with E-state index in [0.717, 1.165) is 18.2 Å². The number of nitrogens with zero attached hydrogens (tertiary/aromatic N) is 4. The van der Waals surface area contributed by atoms with Crippen molar-refractivity contribution in [3.63, 3.8) is 0 Å². The summed E-state index contributed by atoms with van der Waals surface area (Å²) in [5.41, 5.74) is 5.58. The molecule has 0 saturated carbocycles. The number of aromatic nitrogens is 3. The highest BCUT2D eigenvalue weighted by Gasteiger charge is 2.18. The molecule has 10 nitrogen and oxygen atoms in total. The summed E-state index contributed by atoms with van der Waals surface area (Å²) < 4.78 is 47.8. The van der Waals surface area contributed by atoms with Crippen LogP contribution in [0.2, 0.25) is 0 Å². The molecule has 202 valence electrons. The lowest BCUT2D eigenvalue weighted by atomic mass is 10.2. The number of carbonyl (C=O) groups excluding carboxylic acids is 1. The lowest BCUT2D eigenvalue weighted by Gasteiger charge is -2.15. The summed E-state index contributed by atoms with van der Waals surface area (Å²) in [4.78, 5) is 27.3. The van der Waals surface area contributed by atoms with Crippen molar-refractivity contribution < 1.29 is 22.7 Å². The van der Waals surface area contributed by atoms with Gasteiger partial charge in [0.25, 0.3) is 5.91 Å². The lowest BCUT2D eigenvalue weighted by Crippen LogP contribution is -2.22. The largest absolute Gasteiger partial charge is 0.454 e. The maximum absolute atomic E-state index is 14.9. The third kappa shape index (κ3) is 7.32. The van der Waals surface area contributed by atoms with Crippen molar-refractivity contribution in [1.82, 2.24) is 19.9 Å². The van der Waals surface area contributed by atoms with E-state index in [2.05, 4.69) is 30.9 Å². The number of rotatable bonds is 10. The Morgan fingerprint density at radius 2 is 1.85 bits per heavy atom. The second-order valence-electron chi connectivity index (χ2n) is 8.55. The van der Waals surface area contributed by atoms with Crippen molar-refractivity contribution in [2.75, 3.05) is 48.9 Å². The Bertz CT molecular complexity index is 1490. The molecule has 0 bridgehead atoms. The minimum Gasteiger partial charge on any atom is -0.454 e. The first-order chi connectivity index (χ1) is 18.7. The number of halogens is 3. The maximum Gasteiger partial charge on any atom is 0.261 e. The van der Waals surface area contributed by atoms with Gasteiger partial charge in [0.05, 0.1) is 5.69 Å². The summed E-state index contributed by atoms with van der Waals surface area (Å²) >= 11 is 0. The summed E-state index contributed by atoms with van der Waals surface area (Å²) in [5, 5.41) is 8.31. The lowest BCUT2D eigenvalue weighted by molar-refractivity contribution is 0.102. The number of benzene rings is 2. The van der Waals surface area contributed by atoms with Gasteiger partial charge in [0.15, 0.2) is 11.6 Å². The molecular weight excluding hydrogens is 513 g/mol. The summed E-state index contributed by atoms with van der Waals surface area (Å²) in [6.07, 6.45) is 2.67. The van der Waals surface area contributed by atoms with Crippen LogP contribution in [0.4, 0.5) is 42.1 Å². The van der Waals surface area contributed by atoms with Gasteiger partial charge in [0.1, 0.15) is 34.6 Å². The van der Waals surface area contributed by atoms with Gasteiger partial charge in [0, 0.05) is 49.4 Å². The van der Waals surface area contributed by atoms with Crippen molar-refractivity contribution in [2.45, 2.75) is 0 Å². The van der Waals surface area contributed by atoms with Gasteiger partial charge in [-0.15, -0.1) is 0 Å². The van der Waals surface area contributed by atoms with E-state index >= 15 is 0 Å². The summed E-state index contributed by atoms with van der Waals surface area (Å²) in [5.74, 6) is -2.52. The monoisotopic (exact) mass is 538 g/mol. The molecule has 2 heterocycles. The van der Waals surface area contributed by atoms with Crippen molar-refractivity contribution in [1.29, 1.82) is 0 Å². The average molecular weight is 539 g/mol. The van der Waals surface area contributed by atoms with Gasteiger partial charge in [-0.05, 0) is 44.4 Å². The van der Waals surface area contributed by atoms with Crippen LogP contribution in [0.3, 0.4) is 0 Å². The molecule has 2 aromatic heterocycles. The van der Waals surface area contributed by atoms with Crippen LogP contribution in [0.1, 0.15) is 10.4 Å². The quantitative estimate of drug-likeness (QED) is 0.228. The first-order valence-corrected chi connectivity index (χ1v) is 11.7. The van der Waals surface area contributed by atoms with Gasteiger partial charge < -0.3 is 31.3 Å². The Kier molecular flexibility index (Phi) is 8.41. The fourth-order valence-electron chi connectivity index (χ4n) is 3.32. The van der Waals surface area contributed by atoms with E-state index in [1.165, 1.54) is 36.7 Å². The Balaban J connectivity index is 1.59. The molecule has 0 fully saturated rings. The van der Waals surface area contributed by atoms with E-state index < -0.39 is 23.4 Å². The number of nitrogens with one attached hydrogen (secondary N) is 3. The number of nitrogen functional groups attached to an aromatic ring is 1. The predicted octanol–water partition coefficient (Wildman–Crippen LogP) is 4.63. The van der Waals surface area contributed by atoms with Crippen LogP contribution >= 0.6 is 0 Å². The van der Waals surface area contributed by atoms with Crippen LogP contribution in [0.5, 0.6) is 11.5 Å². The zero-order valence-corrected chi connectivity index (χ0v) is 21.0. The highest BCUT2D eigenvalue weighted by atomic mass is 19.1. The van der Waals surface area contributed by atoms with Gasteiger partial charge in [0.2, 0.25) is 5.95 Å². The highest BCUT2D eigenvalue weighted by molar-refractivity contribution is 6.07. The minimum absolute atomic E-state index is 0.0207. The molecule has 0 saturated heterocycles. The third-order valence-electron chi connectivity index (χ3n) is 5.23. The second kappa shape index (κ2) is 12.1. The smallest absolute Gasteiger partial charge is 0.261 e. The van der Waals surface area contributed by atoms with E-state index in [1.807, 2.05) is 19.0 Å². The number of pyridine rings is 1. The van der Waals surface area contributed by atoms with Crippen molar-refractivity contribution in [2.24, 2.45) is 0 Å². The molecule has 1 amide bonds. The average Bonchev–Trinajstić information content (AvgIpc) is 2.87. The molecule has 0 aliphatic carbocycles. The zero-order chi connectivity index (χ0) is 27.9. The van der Waals surface area contributed by atoms with Crippen molar-refractivity contribution >= 4 is 34.9 Å². The van der Waals surface area contributed by atoms with E-state index in [1.54, 1.807) is 0 Å². The Morgan fingerprint density at radius 1 is 1.03 bits per heavy atom. The number of carbonyl (C=O) groups is 1. The molecule has 0 atom stereocenters. The predicted molar refractivity (Wildman–Crippen MR) is 142 cm³/mol. The van der Waals surface area contributed by atoms with Crippen molar-refractivity contribution in [3.8, 4) is 11.5 Å². The number of hydrogen-bond donors (Lipinski definition) is 4.